The van der Waals surface area contributed by atoms with Crippen molar-refractivity contribution in [3.8, 4) is 0 Å². The predicted molar refractivity (Wildman–Crippen MR) is 41.5 cm³/mol. The Balaban J connectivity index is 4.46. The molecule has 0 aromatic carbocycles. The van der Waals surface area contributed by atoms with E-state index in [1.54, 1.807) is 0 Å². The van der Waals surface area contributed by atoms with Crippen LogP contribution in [0.1, 0.15) is 0 Å². The predicted octanol–water partition coefficient (Wildman–Crippen LogP) is -1.11. The van der Waals surface area contributed by atoms with Crippen molar-refractivity contribution in [1.29, 1.82) is 0 Å². The molecule has 0 aliphatic heterocycles. The normalized spacial score (nSPS) is 14.7. The lowest BCUT2D eigenvalue weighted by Gasteiger charge is -2.17. The smallest absolute Gasteiger partial charge is 0.322 e. The van der Waals surface area contributed by atoms with Crippen LogP contribution >= 0.6 is 0 Å². The molecule has 0 heterocycles. The highest BCUT2D eigenvalue weighted by molar-refractivity contribution is 7.85. The van der Waals surface area contributed by atoms with Crippen LogP contribution in [-0.4, -0.2) is 54.8 Å². The zero-order chi connectivity index (χ0) is 9.94. The number of likely N-dealkylation sites (N-methyl/N-ethyl adjacent to an activating group) is 1. The Morgan fingerprint density at radius 2 is 1.92 bits per heavy atom. The minimum absolute atomic E-state index is 0.796. The second-order valence-electron chi connectivity index (χ2n) is 2.57. The Morgan fingerprint density at radius 1 is 1.50 bits per heavy atom. The monoisotopic (exact) mass is 197 g/mol. The van der Waals surface area contributed by atoms with Crippen molar-refractivity contribution < 1.29 is 22.9 Å². The van der Waals surface area contributed by atoms with Crippen LogP contribution in [0.5, 0.6) is 0 Å². The zero-order valence-corrected chi connectivity index (χ0v) is 7.58. The van der Waals surface area contributed by atoms with Gasteiger partial charge in [-0.2, -0.15) is 8.42 Å². The van der Waals surface area contributed by atoms with Gasteiger partial charge in [-0.3, -0.25) is 14.2 Å². The van der Waals surface area contributed by atoms with E-state index in [0.717, 1.165) is 0 Å². The first-order valence-electron chi connectivity index (χ1n) is 3.08. The third-order valence-electron chi connectivity index (χ3n) is 1.28. The minimum Gasteiger partial charge on any atom is -0.480 e. The van der Waals surface area contributed by atoms with Crippen molar-refractivity contribution in [1.82, 2.24) is 4.90 Å². The van der Waals surface area contributed by atoms with Gasteiger partial charge in [0, 0.05) is 0 Å². The Hall–Kier alpha value is -0.660. The van der Waals surface area contributed by atoms with Gasteiger partial charge in [-0.15, -0.1) is 0 Å². The molecule has 12 heavy (non-hydrogen) atoms. The van der Waals surface area contributed by atoms with Crippen molar-refractivity contribution >= 4 is 16.1 Å². The molecule has 72 valence electrons. The van der Waals surface area contributed by atoms with Crippen molar-refractivity contribution in [3.05, 3.63) is 0 Å². The number of aliphatic carboxylic acids is 1. The van der Waals surface area contributed by atoms with E-state index in [1.807, 2.05) is 0 Å². The highest BCUT2D eigenvalue weighted by Crippen LogP contribution is 1.97. The molecule has 1 unspecified atom stereocenters. The summed E-state index contributed by atoms with van der Waals surface area (Å²) in [6.45, 7) is 0. The number of carboxylic acids is 1. The van der Waals surface area contributed by atoms with E-state index in [-0.39, 0.29) is 0 Å². The summed E-state index contributed by atoms with van der Waals surface area (Å²) in [6, 6.07) is -1.21. The van der Waals surface area contributed by atoms with Crippen molar-refractivity contribution in [3.63, 3.8) is 0 Å². The topological polar surface area (TPSA) is 94.9 Å². The van der Waals surface area contributed by atoms with Gasteiger partial charge in [0.15, 0.2) is 0 Å². The van der Waals surface area contributed by atoms with E-state index >= 15 is 0 Å². The molecule has 0 saturated carbocycles. The molecule has 1 atom stereocenters. The molecule has 6 nitrogen and oxygen atoms in total. The summed E-state index contributed by atoms with van der Waals surface area (Å²) in [6.07, 6.45) is 0. The van der Waals surface area contributed by atoms with Crippen LogP contribution in [0.4, 0.5) is 0 Å². The van der Waals surface area contributed by atoms with Gasteiger partial charge in [0.05, 0.1) is 0 Å². The Morgan fingerprint density at radius 3 is 2.00 bits per heavy atom. The van der Waals surface area contributed by atoms with Crippen LogP contribution in [0.2, 0.25) is 0 Å². The fraction of sp³-hybridized carbons (Fsp3) is 0.800. The summed E-state index contributed by atoms with van der Waals surface area (Å²) >= 11 is 0. The molecule has 0 saturated heterocycles. The average molecular weight is 197 g/mol. The molecule has 0 amide bonds. The summed E-state index contributed by atoms with van der Waals surface area (Å²) in [5, 5.41) is 8.49. The van der Waals surface area contributed by atoms with E-state index in [2.05, 4.69) is 0 Å². The molecule has 2 N–H and O–H groups in total. The van der Waals surface area contributed by atoms with Gasteiger partial charge in [-0.1, -0.05) is 0 Å². The molecule has 0 aliphatic rings. The quantitative estimate of drug-likeness (QED) is 0.555. The summed E-state index contributed by atoms with van der Waals surface area (Å²) in [7, 11) is -1.39. The van der Waals surface area contributed by atoms with E-state index in [9.17, 15) is 13.2 Å². The largest absolute Gasteiger partial charge is 0.480 e. The molecule has 0 rings (SSSR count). The van der Waals surface area contributed by atoms with Gasteiger partial charge in [0.1, 0.15) is 11.8 Å². The molecular formula is C5H11NO5S. The van der Waals surface area contributed by atoms with E-state index in [4.69, 9.17) is 9.66 Å². The fourth-order valence-corrected chi connectivity index (χ4v) is 1.48. The van der Waals surface area contributed by atoms with Crippen molar-refractivity contribution in [2.24, 2.45) is 0 Å². The minimum atomic E-state index is -4.24. The van der Waals surface area contributed by atoms with E-state index in [0.29, 0.717) is 0 Å². The second-order valence-corrected chi connectivity index (χ2v) is 4.06. The first-order valence-corrected chi connectivity index (χ1v) is 4.69. The molecule has 0 bridgehead atoms. The molecule has 0 aromatic rings. The zero-order valence-electron chi connectivity index (χ0n) is 6.76. The Kier molecular flexibility index (Phi) is 3.62. The van der Waals surface area contributed by atoms with Crippen LogP contribution < -0.4 is 0 Å². The van der Waals surface area contributed by atoms with Crippen LogP contribution in [0.25, 0.3) is 0 Å². The standard InChI is InChI=1S/C5H11NO5S/c1-6(2)4(5(7)8)3-12(9,10)11/h4H,3H2,1-2H3,(H,7,8)(H,9,10,11). The van der Waals surface area contributed by atoms with E-state index in [1.165, 1.54) is 19.0 Å². The maximum Gasteiger partial charge on any atom is 0.322 e. The molecule has 0 spiro atoms. The summed E-state index contributed by atoms with van der Waals surface area (Å²) in [5.41, 5.74) is 0. The molecule has 0 radical (unpaired) electrons. The Labute approximate surface area is 70.5 Å². The first kappa shape index (κ1) is 11.3. The molecular weight excluding hydrogens is 186 g/mol. The number of hydrogen-bond donors (Lipinski definition) is 2. The molecule has 0 aromatic heterocycles. The van der Waals surface area contributed by atoms with Gasteiger partial charge < -0.3 is 5.11 Å². The number of carbonyl (C=O) groups is 1. The van der Waals surface area contributed by atoms with Gasteiger partial charge in [-0.05, 0) is 14.1 Å². The summed E-state index contributed by atoms with van der Waals surface area (Å²) in [4.78, 5) is 11.6. The summed E-state index contributed by atoms with van der Waals surface area (Å²) in [5.74, 6) is -2.08. The third kappa shape index (κ3) is 4.27. The van der Waals surface area contributed by atoms with Crippen molar-refractivity contribution in [2.75, 3.05) is 19.8 Å². The maximum atomic E-state index is 10.4. The molecule has 7 heteroatoms. The lowest BCUT2D eigenvalue weighted by atomic mass is 10.3. The van der Waals surface area contributed by atoms with Gasteiger partial charge in [0.2, 0.25) is 0 Å². The van der Waals surface area contributed by atoms with Gasteiger partial charge in [0.25, 0.3) is 10.1 Å². The van der Waals surface area contributed by atoms with Gasteiger partial charge in [-0.25, -0.2) is 0 Å². The fourth-order valence-electron chi connectivity index (χ4n) is 0.641. The van der Waals surface area contributed by atoms with Crippen LogP contribution in [0, 0.1) is 0 Å². The molecule has 0 aliphatic carbocycles. The van der Waals surface area contributed by atoms with Crippen LogP contribution in [0.15, 0.2) is 0 Å². The summed E-state index contributed by atoms with van der Waals surface area (Å²) < 4.78 is 29.0. The lowest BCUT2D eigenvalue weighted by Crippen LogP contribution is -2.41. The van der Waals surface area contributed by atoms with E-state index < -0.39 is 27.9 Å². The Bertz CT molecular complexity index is 257. The second kappa shape index (κ2) is 3.83. The van der Waals surface area contributed by atoms with Crippen LogP contribution in [-0.2, 0) is 14.9 Å². The first-order chi connectivity index (χ1) is 5.24. The number of hydrogen-bond acceptors (Lipinski definition) is 4. The number of carboxylic acid groups (broad SMARTS) is 1. The number of rotatable bonds is 4. The third-order valence-corrected chi connectivity index (χ3v) is 2.01. The van der Waals surface area contributed by atoms with Gasteiger partial charge >= 0.3 is 5.97 Å². The molecule has 0 fully saturated rings. The maximum absolute atomic E-state index is 10.4. The number of nitrogens with zero attached hydrogens (tertiary/aromatic N) is 1. The van der Waals surface area contributed by atoms with Crippen molar-refractivity contribution in [2.45, 2.75) is 6.04 Å². The highest BCUT2D eigenvalue weighted by atomic mass is 32.2. The average Bonchev–Trinajstić information content (AvgIpc) is 1.79. The highest BCUT2D eigenvalue weighted by Gasteiger charge is 2.25. The lowest BCUT2D eigenvalue weighted by molar-refractivity contribution is -0.141. The SMILES string of the molecule is CN(C)C(CS(=O)(=O)O)C(=O)O. The van der Waals surface area contributed by atoms with Crippen LogP contribution in [0.3, 0.4) is 0 Å².